The maximum atomic E-state index is 9.42. The zero-order chi connectivity index (χ0) is 10.9. The Morgan fingerprint density at radius 1 is 1.33 bits per heavy atom. The standard InChI is InChI=1S/C13H19NO/c1-10(15)11-3-5-12(6-4-11)13(9-14)7-2-8-13/h3-6,10,15H,2,7-9,14H2,1H3. The molecule has 1 aliphatic rings. The minimum atomic E-state index is -0.380. The first-order valence-corrected chi connectivity index (χ1v) is 5.66. The van der Waals surface area contributed by atoms with E-state index >= 15 is 0 Å². The summed E-state index contributed by atoms with van der Waals surface area (Å²) in [4.78, 5) is 0. The Labute approximate surface area is 91.1 Å². The Morgan fingerprint density at radius 2 is 1.93 bits per heavy atom. The number of hydrogen-bond acceptors (Lipinski definition) is 2. The third-order valence-corrected chi connectivity index (χ3v) is 3.71. The Balaban J connectivity index is 2.23. The highest BCUT2D eigenvalue weighted by Crippen LogP contribution is 2.42. The molecule has 3 N–H and O–H groups in total. The van der Waals surface area contributed by atoms with E-state index < -0.39 is 0 Å². The molecule has 1 fully saturated rings. The molecule has 0 spiro atoms. The number of aliphatic hydroxyl groups excluding tert-OH is 1. The van der Waals surface area contributed by atoms with E-state index in [9.17, 15) is 5.11 Å². The zero-order valence-electron chi connectivity index (χ0n) is 9.24. The average Bonchev–Trinajstić information content (AvgIpc) is 2.18. The molecule has 1 aromatic rings. The maximum Gasteiger partial charge on any atom is 0.0761 e. The van der Waals surface area contributed by atoms with Crippen LogP contribution in [-0.2, 0) is 5.41 Å². The SMILES string of the molecule is CC(O)c1ccc(C2(CN)CCC2)cc1. The minimum absolute atomic E-state index is 0.233. The van der Waals surface area contributed by atoms with Crippen LogP contribution < -0.4 is 5.73 Å². The van der Waals surface area contributed by atoms with Gasteiger partial charge in [-0.1, -0.05) is 30.7 Å². The molecule has 82 valence electrons. The van der Waals surface area contributed by atoms with Crippen molar-refractivity contribution in [2.45, 2.75) is 37.7 Å². The Morgan fingerprint density at radius 3 is 2.27 bits per heavy atom. The largest absolute Gasteiger partial charge is 0.389 e. The van der Waals surface area contributed by atoms with Crippen molar-refractivity contribution in [2.24, 2.45) is 5.73 Å². The summed E-state index contributed by atoms with van der Waals surface area (Å²) in [6, 6.07) is 8.26. The predicted octanol–water partition coefficient (Wildman–Crippen LogP) is 2.12. The van der Waals surface area contributed by atoms with Gasteiger partial charge < -0.3 is 10.8 Å². The minimum Gasteiger partial charge on any atom is -0.389 e. The molecular weight excluding hydrogens is 186 g/mol. The smallest absolute Gasteiger partial charge is 0.0761 e. The van der Waals surface area contributed by atoms with Gasteiger partial charge in [-0.2, -0.15) is 0 Å². The van der Waals surface area contributed by atoms with E-state index in [2.05, 4.69) is 12.1 Å². The molecule has 0 bridgehead atoms. The van der Waals surface area contributed by atoms with Gasteiger partial charge in [0.2, 0.25) is 0 Å². The fraction of sp³-hybridized carbons (Fsp3) is 0.538. The average molecular weight is 205 g/mol. The van der Waals surface area contributed by atoms with Gasteiger partial charge in [-0.25, -0.2) is 0 Å². The number of benzene rings is 1. The van der Waals surface area contributed by atoms with Crippen LogP contribution in [0.15, 0.2) is 24.3 Å². The quantitative estimate of drug-likeness (QED) is 0.794. The molecule has 0 radical (unpaired) electrons. The second kappa shape index (κ2) is 3.95. The van der Waals surface area contributed by atoms with Crippen LogP contribution >= 0.6 is 0 Å². The molecule has 15 heavy (non-hydrogen) atoms. The zero-order valence-corrected chi connectivity index (χ0v) is 9.24. The van der Waals surface area contributed by atoms with Crippen LogP contribution in [-0.4, -0.2) is 11.7 Å². The van der Waals surface area contributed by atoms with Crippen LogP contribution in [0.2, 0.25) is 0 Å². The van der Waals surface area contributed by atoms with Gasteiger partial charge in [-0.3, -0.25) is 0 Å². The van der Waals surface area contributed by atoms with Crippen molar-refractivity contribution in [3.05, 3.63) is 35.4 Å². The van der Waals surface area contributed by atoms with Crippen molar-refractivity contribution < 1.29 is 5.11 Å². The second-order valence-electron chi connectivity index (χ2n) is 4.64. The number of aliphatic hydroxyl groups is 1. The van der Waals surface area contributed by atoms with Gasteiger partial charge in [0.05, 0.1) is 6.10 Å². The van der Waals surface area contributed by atoms with E-state index in [0.717, 1.165) is 12.1 Å². The van der Waals surface area contributed by atoms with Crippen molar-refractivity contribution in [3.8, 4) is 0 Å². The fourth-order valence-corrected chi connectivity index (χ4v) is 2.33. The Kier molecular flexibility index (Phi) is 2.81. The molecular formula is C13H19NO. The summed E-state index contributed by atoms with van der Waals surface area (Å²) < 4.78 is 0. The van der Waals surface area contributed by atoms with Crippen LogP contribution in [0.5, 0.6) is 0 Å². The van der Waals surface area contributed by atoms with Crippen molar-refractivity contribution >= 4 is 0 Å². The van der Waals surface area contributed by atoms with Gasteiger partial charge >= 0.3 is 0 Å². The van der Waals surface area contributed by atoms with Gasteiger partial charge in [-0.15, -0.1) is 0 Å². The number of nitrogens with two attached hydrogens (primary N) is 1. The summed E-state index contributed by atoms with van der Waals surface area (Å²) in [6.45, 7) is 2.53. The molecule has 1 aliphatic carbocycles. The molecule has 2 rings (SSSR count). The van der Waals surface area contributed by atoms with Crippen molar-refractivity contribution in [3.63, 3.8) is 0 Å². The van der Waals surface area contributed by atoms with Crippen molar-refractivity contribution in [2.75, 3.05) is 6.54 Å². The molecule has 2 nitrogen and oxygen atoms in total. The molecule has 1 aromatic carbocycles. The molecule has 1 atom stereocenters. The highest BCUT2D eigenvalue weighted by molar-refractivity contribution is 5.32. The molecule has 0 aliphatic heterocycles. The molecule has 0 heterocycles. The van der Waals surface area contributed by atoms with Crippen LogP contribution in [0.25, 0.3) is 0 Å². The molecule has 0 aromatic heterocycles. The van der Waals surface area contributed by atoms with E-state index in [-0.39, 0.29) is 11.5 Å². The summed E-state index contributed by atoms with van der Waals surface area (Å²) in [5.41, 5.74) is 8.39. The van der Waals surface area contributed by atoms with Gasteiger partial charge in [0.1, 0.15) is 0 Å². The lowest BCUT2D eigenvalue weighted by Gasteiger charge is -2.41. The predicted molar refractivity (Wildman–Crippen MR) is 61.7 cm³/mol. The second-order valence-corrected chi connectivity index (χ2v) is 4.64. The van der Waals surface area contributed by atoms with E-state index in [0.29, 0.717) is 0 Å². The van der Waals surface area contributed by atoms with Gasteiger partial charge in [-0.05, 0) is 30.9 Å². The van der Waals surface area contributed by atoms with Crippen LogP contribution in [0.3, 0.4) is 0 Å². The Hall–Kier alpha value is -0.860. The lowest BCUT2D eigenvalue weighted by molar-refractivity contribution is 0.199. The first-order valence-electron chi connectivity index (χ1n) is 5.66. The summed E-state index contributed by atoms with van der Waals surface area (Å²) in [5.74, 6) is 0. The first kappa shape index (κ1) is 10.7. The highest BCUT2D eigenvalue weighted by atomic mass is 16.3. The monoisotopic (exact) mass is 205 g/mol. The van der Waals surface area contributed by atoms with Gasteiger partial charge in [0, 0.05) is 12.0 Å². The fourth-order valence-electron chi connectivity index (χ4n) is 2.33. The summed E-state index contributed by atoms with van der Waals surface area (Å²) in [5, 5.41) is 9.42. The van der Waals surface area contributed by atoms with Crippen molar-refractivity contribution in [1.82, 2.24) is 0 Å². The Bertz CT molecular complexity index is 319. The molecule has 1 saturated carbocycles. The number of hydrogen-bond donors (Lipinski definition) is 2. The van der Waals surface area contributed by atoms with Crippen LogP contribution in [0.1, 0.15) is 43.4 Å². The highest BCUT2D eigenvalue weighted by Gasteiger charge is 2.36. The summed E-state index contributed by atoms with van der Waals surface area (Å²) in [7, 11) is 0. The third-order valence-electron chi connectivity index (χ3n) is 3.71. The summed E-state index contributed by atoms with van der Waals surface area (Å²) >= 11 is 0. The van der Waals surface area contributed by atoms with E-state index in [4.69, 9.17) is 5.73 Å². The first-order chi connectivity index (χ1) is 7.18. The van der Waals surface area contributed by atoms with Gasteiger partial charge in [0.15, 0.2) is 0 Å². The van der Waals surface area contributed by atoms with Crippen molar-refractivity contribution in [1.29, 1.82) is 0 Å². The maximum absolute atomic E-state index is 9.42. The topological polar surface area (TPSA) is 46.2 Å². The molecule has 1 unspecified atom stereocenters. The van der Waals surface area contributed by atoms with E-state index in [1.165, 1.54) is 24.8 Å². The van der Waals surface area contributed by atoms with Crippen LogP contribution in [0.4, 0.5) is 0 Å². The molecule has 0 amide bonds. The van der Waals surface area contributed by atoms with E-state index in [1.54, 1.807) is 6.92 Å². The van der Waals surface area contributed by atoms with Gasteiger partial charge in [0.25, 0.3) is 0 Å². The molecule has 2 heteroatoms. The van der Waals surface area contributed by atoms with Crippen LogP contribution in [0, 0.1) is 0 Å². The normalized spacial score (nSPS) is 20.7. The lowest BCUT2D eigenvalue weighted by atomic mass is 9.64. The third kappa shape index (κ3) is 1.80. The lowest BCUT2D eigenvalue weighted by Crippen LogP contribution is -2.41. The molecule has 0 saturated heterocycles. The number of rotatable bonds is 3. The summed E-state index contributed by atoms with van der Waals surface area (Å²) in [6.07, 6.45) is 3.32. The van der Waals surface area contributed by atoms with E-state index in [1.807, 2.05) is 12.1 Å².